The predicted molar refractivity (Wildman–Crippen MR) is 61.5 cm³/mol. The van der Waals surface area contributed by atoms with Crippen LogP contribution in [0.1, 0.15) is 10.4 Å². The van der Waals surface area contributed by atoms with Crippen LogP contribution in [0.25, 0.3) is 0 Å². The van der Waals surface area contributed by atoms with Crippen molar-refractivity contribution in [2.45, 2.75) is 6.54 Å². The van der Waals surface area contributed by atoms with Gasteiger partial charge in [0, 0.05) is 5.56 Å². The number of benzene rings is 1. The lowest BCUT2D eigenvalue weighted by molar-refractivity contribution is 0.0970. The van der Waals surface area contributed by atoms with E-state index in [9.17, 15) is 19.6 Å². The van der Waals surface area contributed by atoms with E-state index in [-0.39, 0.29) is 17.9 Å². The first-order chi connectivity index (χ1) is 8.58. The largest absolute Gasteiger partial charge is 0.744 e. The smallest absolute Gasteiger partial charge is 0.358 e. The summed E-state index contributed by atoms with van der Waals surface area (Å²) in [4.78, 5) is 13.6. The van der Waals surface area contributed by atoms with E-state index in [4.69, 9.17) is 0 Å². The van der Waals surface area contributed by atoms with Crippen LogP contribution in [0.15, 0.2) is 36.7 Å². The van der Waals surface area contributed by atoms with Gasteiger partial charge in [0.15, 0.2) is 5.78 Å². The number of hydrogen-bond acceptors (Lipinski definition) is 3. The molecule has 94 valence electrons. The molecule has 0 saturated heterocycles. The molecule has 0 atom stereocenters. The molecule has 0 saturated carbocycles. The number of nitrogens with zero attached hydrogens (tertiary/aromatic N) is 2. The van der Waals surface area contributed by atoms with Gasteiger partial charge in [-0.25, -0.2) is 13.9 Å². The summed E-state index contributed by atoms with van der Waals surface area (Å²) in [7, 11) is 0. The maximum Gasteiger partial charge on any atom is 0.358 e. The molecule has 0 unspecified atom stereocenters. The monoisotopic (exact) mass is 250 g/mol. The van der Waals surface area contributed by atoms with Crippen molar-refractivity contribution in [3.05, 3.63) is 64.1 Å². The van der Waals surface area contributed by atoms with Crippen LogP contribution in [0.4, 0.5) is 4.39 Å². The van der Waals surface area contributed by atoms with Crippen molar-refractivity contribution in [3.8, 4) is 0 Å². The molecule has 0 spiro atoms. The first kappa shape index (κ1) is 11.9. The van der Waals surface area contributed by atoms with Gasteiger partial charge in [-0.15, -0.1) is 0 Å². The minimum absolute atomic E-state index is 0.175. The average Bonchev–Trinajstić information content (AvgIpc) is 2.78. The van der Waals surface area contributed by atoms with Crippen LogP contribution in [-0.4, -0.2) is 15.3 Å². The van der Waals surface area contributed by atoms with Crippen molar-refractivity contribution in [1.29, 1.82) is 0 Å². The Balaban J connectivity index is 2.25. The summed E-state index contributed by atoms with van der Waals surface area (Å²) in [5.74, 6) is -0.769. The topological polar surface area (TPSA) is 86.9 Å². The Bertz CT molecular complexity index is 623. The van der Waals surface area contributed by atoms with Gasteiger partial charge in [-0.2, -0.15) is 0 Å². The lowest BCUT2D eigenvalue weighted by atomic mass is 10.1. The van der Waals surface area contributed by atoms with Gasteiger partial charge in [-0.1, -0.05) is 0 Å². The van der Waals surface area contributed by atoms with Crippen molar-refractivity contribution >= 4 is 5.78 Å². The fraction of sp³-hybridized carbons (Fsp3) is 0.0909. The molecule has 1 aromatic heterocycles. The second-order valence-corrected chi connectivity index (χ2v) is 3.60. The quantitative estimate of drug-likeness (QED) is 0.639. The van der Waals surface area contributed by atoms with Crippen molar-refractivity contribution < 1.29 is 9.18 Å². The molecule has 0 amide bonds. The highest BCUT2D eigenvalue weighted by Gasteiger charge is 2.11. The summed E-state index contributed by atoms with van der Waals surface area (Å²) in [5, 5.41) is 21.3. The molecular weight excluding hydrogens is 241 g/mol. The Labute approximate surface area is 101 Å². The number of H-pyrrole nitrogens is 1. The lowest BCUT2D eigenvalue weighted by Crippen LogP contribution is -2.31. The summed E-state index contributed by atoms with van der Waals surface area (Å²) in [6, 6.07) is 5.03. The molecule has 2 rings (SSSR count). The van der Waals surface area contributed by atoms with Gasteiger partial charge in [0.05, 0.1) is 12.4 Å². The summed E-state index contributed by atoms with van der Waals surface area (Å²) in [6.45, 7) is -0.175. The van der Waals surface area contributed by atoms with Gasteiger partial charge in [0.1, 0.15) is 12.4 Å². The number of halogens is 1. The summed E-state index contributed by atoms with van der Waals surface area (Å²) >= 11 is 0. The first-order valence-corrected chi connectivity index (χ1v) is 5.08. The Morgan fingerprint density at radius 3 is 2.61 bits per heavy atom. The SMILES string of the molecule is O=C(Cn1cc[nH]c1=[N+]([O-])[O-])c1ccc(F)cc1. The van der Waals surface area contributed by atoms with Crippen LogP contribution < -0.4 is 10.5 Å². The molecule has 0 radical (unpaired) electrons. The third-order valence-electron chi connectivity index (χ3n) is 2.39. The zero-order valence-corrected chi connectivity index (χ0v) is 9.17. The highest BCUT2D eigenvalue weighted by Crippen LogP contribution is 2.04. The fourth-order valence-electron chi connectivity index (χ4n) is 1.52. The standard InChI is InChI=1S/C11H9FN3O3/c12-9-3-1-8(2-4-9)10(16)7-14-6-5-13-11(14)15(17)18/h1-6,13H,7H2/q-1. The summed E-state index contributed by atoms with van der Waals surface area (Å²) < 4.78 is 13.9. The van der Waals surface area contributed by atoms with Crippen LogP contribution in [0.5, 0.6) is 0 Å². The van der Waals surface area contributed by atoms with E-state index in [0.29, 0.717) is 5.56 Å². The second kappa shape index (κ2) is 4.74. The van der Waals surface area contributed by atoms with E-state index in [2.05, 4.69) is 4.98 Å². The number of aromatic amines is 1. The molecule has 2 aromatic rings. The van der Waals surface area contributed by atoms with Gasteiger partial charge in [-0.3, -0.25) is 9.70 Å². The van der Waals surface area contributed by atoms with E-state index in [1.165, 1.54) is 41.2 Å². The molecule has 18 heavy (non-hydrogen) atoms. The van der Waals surface area contributed by atoms with Gasteiger partial charge < -0.3 is 10.4 Å². The van der Waals surface area contributed by atoms with Gasteiger partial charge >= 0.3 is 5.62 Å². The summed E-state index contributed by atoms with van der Waals surface area (Å²) in [5.41, 5.74) is 0.0323. The number of aromatic nitrogens is 2. The van der Waals surface area contributed by atoms with Crippen molar-refractivity contribution in [2.75, 3.05) is 0 Å². The average molecular weight is 250 g/mol. The minimum Gasteiger partial charge on any atom is -0.744 e. The molecule has 0 bridgehead atoms. The number of rotatable bonds is 3. The number of imidazole rings is 1. The van der Waals surface area contributed by atoms with E-state index in [0.717, 1.165) is 0 Å². The summed E-state index contributed by atoms with van der Waals surface area (Å²) in [6.07, 6.45) is 2.77. The van der Waals surface area contributed by atoms with Crippen molar-refractivity contribution in [2.24, 2.45) is 0 Å². The number of Topliss-reactive ketones (excluding diaryl/α,β-unsaturated/α-hetero) is 1. The number of carbonyl (C=O) groups excluding carboxylic acids is 1. The van der Waals surface area contributed by atoms with E-state index in [1.54, 1.807) is 0 Å². The molecule has 1 aromatic carbocycles. The van der Waals surface area contributed by atoms with Crippen LogP contribution in [0.3, 0.4) is 0 Å². The van der Waals surface area contributed by atoms with Gasteiger partial charge in [-0.05, 0) is 24.3 Å². The highest BCUT2D eigenvalue weighted by atomic mass is 19.1. The number of nitrogens with one attached hydrogen (secondary N) is 1. The number of carbonyl (C=O) groups is 1. The molecule has 6 nitrogen and oxygen atoms in total. The molecular formula is C11H9FN3O3-. The van der Waals surface area contributed by atoms with Crippen molar-refractivity contribution in [1.82, 2.24) is 14.5 Å². The molecule has 1 heterocycles. The molecule has 0 aliphatic rings. The van der Waals surface area contributed by atoms with Crippen LogP contribution in [0.2, 0.25) is 0 Å². The number of hydrogen-bond donors (Lipinski definition) is 1. The van der Waals surface area contributed by atoms with E-state index < -0.39 is 10.7 Å². The normalized spacial score (nSPS) is 10.3. The molecule has 0 aliphatic heterocycles. The van der Waals surface area contributed by atoms with Crippen LogP contribution in [-0.2, 0) is 6.54 Å². The fourth-order valence-corrected chi connectivity index (χ4v) is 1.52. The van der Waals surface area contributed by atoms with Crippen molar-refractivity contribution in [3.63, 3.8) is 0 Å². The third-order valence-corrected chi connectivity index (χ3v) is 2.39. The molecule has 0 fully saturated rings. The van der Waals surface area contributed by atoms with E-state index in [1.807, 2.05) is 0 Å². The van der Waals surface area contributed by atoms with Crippen LogP contribution in [0, 0.1) is 16.2 Å². The Kier molecular flexibility index (Phi) is 3.13. The maximum atomic E-state index is 12.7. The predicted octanol–water partition coefficient (Wildman–Crippen LogP) is 0.606. The number of ketones is 1. The zero-order chi connectivity index (χ0) is 13.1. The molecule has 0 aliphatic carbocycles. The Morgan fingerprint density at radius 1 is 1.33 bits per heavy atom. The first-order valence-electron chi connectivity index (χ1n) is 5.08. The zero-order valence-electron chi connectivity index (χ0n) is 9.17. The Hall–Kier alpha value is -2.57. The minimum atomic E-state index is -0.613. The highest BCUT2D eigenvalue weighted by molar-refractivity contribution is 5.95. The maximum absolute atomic E-state index is 12.7. The lowest BCUT2D eigenvalue weighted by Gasteiger charge is -2.12. The van der Waals surface area contributed by atoms with Gasteiger partial charge in [0.25, 0.3) is 0 Å². The molecule has 7 heteroatoms. The third kappa shape index (κ3) is 2.40. The molecule has 1 N–H and O–H groups in total. The van der Waals surface area contributed by atoms with Gasteiger partial charge in [0.2, 0.25) is 0 Å². The van der Waals surface area contributed by atoms with E-state index >= 15 is 0 Å². The Morgan fingerprint density at radius 2 is 2.00 bits per heavy atom. The van der Waals surface area contributed by atoms with Crippen LogP contribution >= 0.6 is 0 Å². The second-order valence-electron chi connectivity index (χ2n) is 3.60.